The number of rotatable bonds is 6. The molecule has 5 nitrogen and oxygen atoms in total. The van der Waals surface area contributed by atoms with E-state index in [2.05, 4.69) is 26.2 Å². The SMILES string of the molecule is COc1ccc(OCCCC(=O)NN)c(C(C)(C)C)c1. The third kappa shape index (κ3) is 4.74. The van der Waals surface area contributed by atoms with Crippen LogP contribution in [0.2, 0.25) is 0 Å². The molecule has 0 saturated heterocycles. The number of carbonyl (C=O) groups excluding carboxylic acids is 1. The van der Waals surface area contributed by atoms with E-state index in [1.54, 1.807) is 7.11 Å². The highest BCUT2D eigenvalue weighted by Gasteiger charge is 2.20. The average molecular weight is 280 g/mol. The molecule has 0 heterocycles. The maximum Gasteiger partial charge on any atom is 0.234 e. The number of ether oxygens (including phenoxy) is 2. The van der Waals surface area contributed by atoms with Gasteiger partial charge in [-0.1, -0.05) is 20.8 Å². The van der Waals surface area contributed by atoms with Gasteiger partial charge in [0.15, 0.2) is 0 Å². The summed E-state index contributed by atoms with van der Waals surface area (Å²) < 4.78 is 11.0. The van der Waals surface area contributed by atoms with E-state index >= 15 is 0 Å². The molecule has 1 aromatic carbocycles. The Morgan fingerprint density at radius 2 is 2.05 bits per heavy atom. The van der Waals surface area contributed by atoms with Crippen LogP contribution >= 0.6 is 0 Å². The Hall–Kier alpha value is -1.75. The lowest BCUT2D eigenvalue weighted by Crippen LogP contribution is -2.30. The van der Waals surface area contributed by atoms with E-state index in [1.807, 2.05) is 18.2 Å². The molecule has 0 bridgehead atoms. The summed E-state index contributed by atoms with van der Waals surface area (Å²) >= 11 is 0. The van der Waals surface area contributed by atoms with Gasteiger partial charge in [-0.15, -0.1) is 0 Å². The highest BCUT2D eigenvalue weighted by Crippen LogP contribution is 2.34. The Morgan fingerprint density at radius 1 is 1.35 bits per heavy atom. The predicted molar refractivity (Wildman–Crippen MR) is 78.8 cm³/mol. The molecule has 0 aliphatic heterocycles. The van der Waals surface area contributed by atoms with Crippen LogP contribution in [0.15, 0.2) is 18.2 Å². The Balaban J connectivity index is 2.72. The molecule has 0 unspecified atom stereocenters. The highest BCUT2D eigenvalue weighted by molar-refractivity contribution is 5.75. The summed E-state index contributed by atoms with van der Waals surface area (Å²) in [6, 6.07) is 5.77. The largest absolute Gasteiger partial charge is 0.497 e. The second-order valence-corrected chi connectivity index (χ2v) is 5.63. The Labute approximate surface area is 120 Å². The number of hydrogen-bond donors (Lipinski definition) is 2. The van der Waals surface area contributed by atoms with Crippen molar-refractivity contribution in [1.29, 1.82) is 0 Å². The number of benzene rings is 1. The number of hydrogen-bond acceptors (Lipinski definition) is 4. The molecule has 1 rings (SSSR count). The van der Waals surface area contributed by atoms with Crippen LogP contribution in [0.25, 0.3) is 0 Å². The second-order valence-electron chi connectivity index (χ2n) is 5.63. The molecule has 3 N–H and O–H groups in total. The predicted octanol–water partition coefficient (Wildman–Crippen LogP) is 2.14. The van der Waals surface area contributed by atoms with E-state index in [-0.39, 0.29) is 11.3 Å². The number of amides is 1. The third-order valence-electron chi connectivity index (χ3n) is 2.96. The van der Waals surface area contributed by atoms with Gasteiger partial charge in [-0.05, 0) is 30.0 Å². The van der Waals surface area contributed by atoms with Gasteiger partial charge in [-0.3, -0.25) is 10.2 Å². The minimum absolute atomic E-state index is 0.0431. The van der Waals surface area contributed by atoms with Gasteiger partial charge in [-0.25, -0.2) is 5.84 Å². The number of methoxy groups -OCH3 is 1. The van der Waals surface area contributed by atoms with Crippen molar-refractivity contribution < 1.29 is 14.3 Å². The molecule has 1 amide bonds. The van der Waals surface area contributed by atoms with E-state index in [1.165, 1.54) is 0 Å². The summed E-state index contributed by atoms with van der Waals surface area (Å²) in [6.07, 6.45) is 0.982. The monoisotopic (exact) mass is 280 g/mol. The minimum atomic E-state index is -0.181. The fraction of sp³-hybridized carbons (Fsp3) is 0.533. The van der Waals surface area contributed by atoms with Gasteiger partial charge in [0.05, 0.1) is 13.7 Å². The van der Waals surface area contributed by atoms with Gasteiger partial charge < -0.3 is 9.47 Å². The second kappa shape index (κ2) is 7.14. The van der Waals surface area contributed by atoms with Crippen molar-refractivity contribution in [2.24, 2.45) is 5.84 Å². The number of nitrogens with one attached hydrogen (secondary N) is 1. The van der Waals surface area contributed by atoms with Crippen LogP contribution in [0.4, 0.5) is 0 Å². The lowest BCUT2D eigenvalue weighted by atomic mass is 9.86. The van der Waals surface area contributed by atoms with E-state index in [0.29, 0.717) is 19.4 Å². The van der Waals surface area contributed by atoms with Crippen molar-refractivity contribution in [3.05, 3.63) is 23.8 Å². The molecule has 5 heteroatoms. The van der Waals surface area contributed by atoms with Gasteiger partial charge in [0.2, 0.25) is 5.91 Å². The normalized spacial score (nSPS) is 11.1. The number of carbonyl (C=O) groups is 1. The van der Waals surface area contributed by atoms with Crippen LogP contribution in [-0.2, 0) is 10.2 Å². The first-order valence-electron chi connectivity index (χ1n) is 6.69. The van der Waals surface area contributed by atoms with Crippen molar-refractivity contribution in [2.45, 2.75) is 39.0 Å². The molecule has 0 aliphatic carbocycles. The summed E-state index contributed by atoms with van der Waals surface area (Å²) in [5.41, 5.74) is 3.14. The number of nitrogens with two attached hydrogens (primary N) is 1. The Bertz CT molecular complexity index is 453. The molecule has 0 spiro atoms. The summed E-state index contributed by atoms with van der Waals surface area (Å²) in [7, 11) is 1.65. The van der Waals surface area contributed by atoms with Crippen LogP contribution in [0.3, 0.4) is 0 Å². The van der Waals surface area contributed by atoms with E-state index in [4.69, 9.17) is 15.3 Å². The first kappa shape index (κ1) is 16.3. The van der Waals surface area contributed by atoms with Gasteiger partial charge in [0.25, 0.3) is 0 Å². The van der Waals surface area contributed by atoms with E-state index < -0.39 is 0 Å². The topological polar surface area (TPSA) is 73.6 Å². The highest BCUT2D eigenvalue weighted by atomic mass is 16.5. The van der Waals surface area contributed by atoms with Gasteiger partial charge in [-0.2, -0.15) is 0 Å². The summed E-state index contributed by atoms with van der Waals surface area (Å²) in [6.45, 7) is 6.84. The maximum absolute atomic E-state index is 11.0. The van der Waals surface area contributed by atoms with Crippen LogP contribution in [0.1, 0.15) is 39.2 Å². The summed E-state index contributed by atoms with van der Waals surface area (Å²) in [4.78, 5) is 11.0. The zero-order valence-corrected chi connectivity index (χ0v) is 12.7. The average Bonchev–Trinajstić information content (AvgIpc) is 2.42. The van der Waals surface area contributed by atoms with Gasteiger partial charge in [0.1, 0.15) is 11.5 Å². The summed E-state index contributed by atoms with van der Waals surface area (Å²) in [5, 5.41) is 0. The van der Waals surface area contributed by atoms with Crippen LogP contribution < -0.4 is 20.7 Å². The maximum atomic E-state index is 11.0. The molecular weight excluding hydrogens is 256 g/mol. The molecule has 0 radical (unpaired) electrons. The molecule has 0 saturated carbocycles. The smallest absolute Gasteiger partial charge is 0.234 e. The molecule has 0 atom stereocenters. The zero-order chi connectivity index (χ0) is 15.2. The first-order valence-corrected chi connectivity index (χ1v) is 6.69. The fourth-order valence-corrected chi connectivity index (χ4v) is 1.84. The van der Waals surface area contributed by atoms with Crippen molar-refractivity contribution in [3.63, 3.8) is 0 Å². The molecule has 20 heavy (non-hydrogen) atoms. The van der Waals surface area contributed by atoms with E-state index in [0.717, 1.165) is 17.1 Å². The molecule has 0 fully saturated rings. The van der Waals surface area contributed by atoms with Gasteiger partial charge >= 0.3 is 0 Å². The van der Waals surface area contributed by atoms with Gasteiger partial charge in [0, 0.05) is 12.0 Å². The Kier molecular flexibility index (Phi) is 5.82. The van der Waals surface area contributed by atoms with Crippen molar-refractivity contribution >= 4 is 5.91 Å². The number of hydrazine groups is 1. The summed E-state index contributed by atoms with van der Waals surface area (Å²) in [5.74, 6) is 6.48. The third-order valence-corrected chi connectivity index (χ3v) is 2.96. The standard InChI is InChI=1S/C15H24N2O3/c1-15(2,3)12-10-11(19-4)7-8-13(12)20-9-5-6-14(18)17-16/h7-8,10H,5-6,9,16H2,1-4H3,(H,17,18). The van der Waals surface area contributed by atoms with Crippen molar-refractivity contribution in [2.75, 3.05) is 13.7 Å². The molecule has 1 aromatic rings. The van der Waals surface area contributed by atoms with Crippen LogP contribution in [0.5, 0.6) is 11.5 Å². The van der Waals surface area contributed by atoms with Crippen LogP contribution in [0, 0.1) is 0 Å². The molecule has 0 aromatic heterocycles. The molecule has 112 valence electrons. The fourth-order valence-electron chi connectivity index (χ4n) is 1.84. The molecular formula is C15H24N2O3. The quantitative estimate of drug-likeness (QED) is 0.362. The molecule has 0 aliphatic rings. The lowest BCUT2D eigenvalue weighted by Gasteiger charge is -2.23. The minimum Gasteiger partial charge on any atom is -0.497 e. The van der Waals surface area contributed by atoms with E-state index in [9.17, 15) is 4.79 Å². The lowest BCUT2D eigenvalue weighted by molar-refractivity contribution is -0.121. The van der Waals surface area contributed by atoms with Crippen molar-refractivity contribution in [3.8, 4) is 11.5 Å². The van der Waals surface area contributed by atoms with Crippen molar-refractivity contribution in [1.82, 2.24) is 5.43 Å². The zero-order valence-electron chi connectivity index (χ0n) is 12.7. The van der Waals surface area contributed by atoms with Crippen LogP contribution in [-0.4, -0.2) is 19.6 Å². The Morgan fingerprint density at radius 3 is 2.60 bits per heavy atom. The first-order chi connectivity index (χ1) is 9.38.